The van der Waals surface area contributed by atoms with Crippen LogP contribution in [0.2, 0.25) is 0 Å². The van der Waals surface area contributed by atoms with Crippen molar-refractivity contribution in [2.75, 3.05) is 196 Å². The van der Waals surface area contributed by atoms with E-state index in [0.29, 0.717) is 0 Å². The Morgan fingerprint density at radius 2 is 0.245 bits per heavy atom. The first-order valence-electron chi connectivity index (χ1n) is 32.7. The van der Waals surface area contributed by atoms with Gasteiger partial charge >= 0.3 is 0 Å². The maximum atomic E-state index is 7.03. The third-order valence-corrected chi connectivity index (χ3v) is 19.3. The second-order valence-electron chi connectivity index (χ2n) is 24.5. The lowest BCUT2D eigenvalue weighted by atomic mass is 9.94. The Labute approximate surface area is 574 Å². The molecule has 14 bridgehead atoms. The van der Waals surface area contributed by atoms with E-state index < -0.39 is 215 Å². The monoisotopic (exact) mass is 1430 g/mol. The summed E-state index contributed by atoms with van der Waals surface area (Å²) in [5.41, 5.74) is 0. The maximum absolute atomic E-state index is 7.03. The van der Waals surface area contributed by atoms with Crippen LogP contribution in [0.3, 0.4) is 0 Å². The first kappa shape index (κ1) is 82.3. The quantitative estimate of drug-likeness (QED) is 0.0861. The minimum Gasteiger partial charge on any atom is -0.382 e. The molecule has 0 spiro atoms. The molecule has 21 heterocycles. The van der Waals surface area contributed by atoms with Gasteiger partial charge in [0.1, 0.15) is 171 Å². The van der Waals surface area contributed by atoms with E-state index in [-0.39, 0.29) is 46.2 Å². The zero-order valence-corrected chi connectivity index (χ0v) is 60.4. The summed E-state index contributed by atoms with van der Waals surface area (Å²) < 4.78 is 226. The van der Waals surface area contributed by atoms with E-state index in [1.807, 2.05) is 0 Å². The molecule has 574 valence electrons. The smallest absolute Gasteiger partial charge is 0.187 e. The lowest BCUT2D eigenvalue weighted by molar-refractivity contribution is -0.402. The highest BCUT2D eigenvalue weighted by molar-refractivity contribution is 5.04. The average molecular weight is 1430 g/mol. The Kier molecular flexibility index (Phi) is 33.9. The summed E-state index contributed by atoms with van der Waals surface area (Å²) >= 11 is 0. The maximum Gasteiger partial charge on any atom is 0.187 e. The summed E-state index contributed by atoms with van der Waals surface area (Å²) in [6.45, 7) is -0.267. The van der Waals surface area contributed by atoms with Gasteiger partial charge in [0.05, 0.1) is 46.2 Å². The van der Waals surface area contributed by atoms with Crippen LogP contribution in [0.4, 0.5) is 0 Å². The van der Waals surface area contributed by atoms with Gasteiger partial charge in [0.15, 0.2) is 44.0 Å². The van der Waals surface area contributed by atoms with Crippen LogP contribution < -0.4 is 0 Å². The molecule has 35 nitrogen and oxygen atoms in total. The lowest BCUT2D eigenvalue weighted by Crippen LogP contribution is -2.69. The van der Waals surface area contributed by atoms with Gasteiger partial charge in [-0.15, -0.1) is 0 Å². The zero-order chi connectivity index (χ0) is 70.9. The molecule has 98 heavy (non-hydrogen) atoms. The van der Waals surface area contributed by atoms with Gasteiger partial charge in [-0.05, 0) is 0 Å². The Balaban J connectivity index is 1.23. The van der Waals surface area contributed by atoms with Crippen LogP contribution in [0.5, 0.6) is 0 Å². The SMILES string of the molecule is COC[C@H]1O[C@@H]2O[C@H]3[C@H](OC)[C@@H](OC)[C@@H](O[C@H]4[C@H](OC)[C@@H](OC)[C@@H](O[C@H]5[C@@H](OC)[C@@H](OC)[C@@H](O[C@H]6[C@@H](OC)[C@@H](OC)[C@@H](O[C@H]7[C@H](OC)[C@@H](OC)[C@@H](O[C@H]8[C@H](OC)[C@@H](OC)[C@@H](O[C@H]1[C@H](OC)[C@H]2OC)O[C@@H]8COC)O[C@@H]7COC)O[C@@H]6COC)O[C@@H]5COC)O[C@@H]4COC)O[C@@H]3COC. The van der Waals surface area contributed by atoms with E-state index in [2.05, 4.69) is 0 Å². The third-order valence-electron chi connectivity index (χ3n) is 19.3. The zero-order valence-electron chi connectivity index (χ0n) is 60.4. The fourth-order valence-corrected chi connectivity index (χ4v) is 14.9. The highest BCUT2D eigenvalue weighted by Crippen LogP contribution is 2.43. The predicted molar refractivity (Wildman–Crippen MR) is 329 cm³/mol. The van der Waals surface area contributed by atoms with Crippen molar-refractivity contribution in [3.05, 3.63) is 0 Å². The van der Waals surface area contributed by atoms with Gasteiger partial charge in [0, 0.05) is 149 Å². The molecule has 0 amide bonds. The van der Waals surface area contributed by atoms with Crippen molar-refractivity contribution >= 4 is 0 Å². The lowest BCUT2D eigenvalue weighted by Gasteiger charge is -2.52. The molecule has 0 aromatic rings. The summed E-state index contributed by atoms with van der Waals surface area (Å²) in [5, 5.41) is 0. The van der Waals surface area contributed by atoms with Crippen LogP contribution >= 0.6 is 0 Å². The van der Waals surface area contributed by atoms with Crippen molar-refractivity contribution in [3.63, 3.8) is 0 Å². The molecule has 21 rings (SSSR count). The Hall–Kier alpha value is -1.40. The van der Waals surface area contributed by atoms with Gasteiger partial charge in [0.25, 0.3) is 0 Å². The summed E-state index contributed by atoms with van der Waals surface area (Å²) in [6, 6.07) is 0. The van der Waals surface area contributed by atoms with Crippen LogP contribution in [0.25, 0.3) is 0 Å². The van der Waals surface area contributed by atoms with E-state index in [1.165, 1.54) is 149 Å². The molecular formula is C63H112O35. The molecule has 0 aliphatic carbocycles. The second kappa shape index (κ2) is 40.4. The fourth-order valence-electron chi connectivity index (χ4n) is 14.9. The van der Waals surface area contributed by atoms with Gasteiger partial charge in [-0.3, -0.25) is 0 Å². The number of hydrogen-bond donors (Lipinski definition) is 0. The molecule has 35 atom stereocenters. The molecule has 0 aromatic carbocycles. The summed E-state index contributed by atoms with van der Waals surface area (Å²) in [5.74, 6) is 0. The summed E-state index contributed by atoms with van der Waals surface area (Å²) in [7, 11) is 31.7. The molecule has 35 heteroatoms. The highest BCUT2D eigenvalue weighted by atomic mass is 16.8. The van der Waals surface area contributed by atoms with Gasteiger partial charge in [-0.25, -0.2) is 0 Å². The summed E-state index contributed by atoms with van der Waals surface area (Å²) in [6.07, 6.45) is -35.9. The molecule has 0 aromatic heterocycles. The minimum atomic E-state index is -1.22. The number of hydrogen-bond acceptors (Lipinski definition) is 35. The van der Waals surface area contributed by atoms with Crippen LogP contribution in [-0.4, -0.2) is 410 Å². The second-order valence-corrected chi connectivity index (χ2v) is 24.5. The molecule has 21 aliphatic rings. The van der Waals surface area contributed by atoms with E-state index in [0.717, 1.165) is 0 Å². The van der Waals surface area contributed by atoms with Gasteiger partial charge in [-0.2, -0.15) is 0 Å². The average Bonchev–Trinajstić information content (AvgIpc) is 0.775. The molecule has 0 radical (unpaired) electrons. The molecule has 21 saturated heterocycles. The molecular weight excluding hydrogens is 1320 g/mol. The Bertz CT molecular complexity index is 1800. The van der Waals surface area contributed by atoms with E-state index >= 15 is 0 Å². The first-order chi connectivity index (χ1) is 47.7. The topological polar surface area (TPSA) is 323 Å². The molecule has 21 fully saturated rings. The number of methoxy groups -OCH3 is 21. The normalized spacial score (nSPS) is 46.1. The Morgan fingerprint density at radius 1 is 0.143 bits per heavy atom. The van der Waals surface area contributed by atoms with Gasteiger partial charge in [0.2, 0.25) is 0 Å². The van der Waals surface area contributed by atoms with Crippen LogP contribution in [-0.2, 0) is 166 Å². The molecule has 21 aliphatic heterocycles. The largest absolute Gasteiger partial charge is 0.382 e. The fraction of sp³-hybridized carbons (Fsp3) is 1.00. The van der Waals surface area contributed by atoms with Crippen molar-refractivity contribution in [3.8, 4) is 0 Å². The standard InChI is InChI=1S/C63H112O35/c1-64-22-29-36-43(71-8)50(78-15)57(85-29)93-37-30(23-65-2)87-59(52(80-17)44(37)72-9)95-39-32(25-67-4)89-61(54(82-19)46(39)74-11)97-41-34(27-69-6)91-63(56(84-21)48(41)76-13)98-42-35(28-70-7)90-62(55(83-20)49(42)77-14)96-40-33(26-68-5)88-60(53(81-18)47(40)75-12)94-38-31(24-66-3)86-58(92-36)51(79-16)45(38)73-10/h29-63H,22-28H2,1-21H3/t29-,30-,31-,32-,33-,34-,35-,36-,37-,38-,39-,40-,41-,42-,43-,44-,45+,46+,47+,48+,49+,50-,51-,52-,53-,54-,55-,56-,57-,58-,59-,60-,61-,62-,63-/m1/s1. The molecule has 0 saturated carbocycles. The molecule has 0 unspecified atom stereocenters. The van der Waals surface area contributed by atoms with Crippen molar-refractivity contribution in [2.24, 2.45) is 0 Å². The van der Waals surface area contributed by atoms with Gasteiger partial charge < -0.3 is 166 Å². The van der Waals surface area contributed by atoms with E-state index in [4.69, 9.17) is 166 Å². The first-order valence-corrected chi connectivity index (χ1v) is 32.7. The van der Waals surface area contributed by atoms with Crippen molar-refractivity contribution < 1.29 is 166 Å². The highest BCUT2D eigenvalue weighted by Gasteiger charge is 2.62. The van der Waals surface area contributed by atoms with Crippen molar-refractivity contribution in [2.45, 2.75) is 215 Å². The predicted octanol–water partition coefficient (Wildman–Crippen LogP) is -1.49. The van der Waals surface area contributed by atoms with Crippen LogP contribution in [0, 0.1) is 0 Å². The van der Waals surface area contributed by atoms with E-state index in [1.54, 1.807) is 0 Å². The van der Waals surface area contributed by atoms with Crippen molar-refractivity contribution in [1.82, 2.24) is 0 Å². The minimum absolute atomic E-state index is 0.0381. The third kappa shape index (κ3) is 17.8. The summed E-state index contributed by atoms with van der Waals surface area (Å²) in [4.78, 5) is 0. The molecule has 0 N–H and O–H groups in total. The Morgan fingerprint density at radius 3 is 0.327 bits per heavy atom. The van der Waals surface area contributed by atoms with Crippen LogP contribution in [0.15, 0.2) is 0 Å². The van der Waals surface area contributed by atoms with E-state index in [9.17, 15) is 0 Å². The van der Waals surface area contributed by atoms with Crippen LogP contribution in [0.1, 0.15) is 0 Å². The number of rotatable bonds is 28. The van der Waals surface area contributed by atoms with Gasteiger partial charge in [-0.1, -0.05) is 0 Å². The number of ether oxygens (including phenoxy) is 35. The van der Waals surface area contributed by atoms with Crippen molar-refractivity contribution in [1.29, 1.82) is 0 Å².